The number of methoxy groups -OCH3 is 1. The number of nitro groups is 1. The van der Waals surface area contributed by atoms with E-state index in [9.17, 15) is 19.7 Å². The van der Waals surface area contributed by atoms with Crippen molar-refractivity contribution in [2.75, 3.05) is 56.7 Å². The molecule has 1 fully saturated rings. The van der Waals surface area contributed by atoms with Crippen molar-refractivity contribution in [2.45, 2.75) is 6.92 Å². The lowest BCUT2D eigenvalue weighted by Crippen LogP contribution is -2.48. The molecule has 1 aliphatic heterocycles. The van der Waals surface area contributed by atoms with Crippen molar-refractivity contribution in [1.82, 2.24) is 9.47 Å². The quantitative estimate of drug-likeness (QED) is 0.288. The topological polar surface area (TPSA) is 119 Å². The Hall–Kier alpha value is -4.12. The zero-order chi connectivity index (χ0) is 25.8. The van der Waals surface area contributed by atoms with Crippen LogP contribution in [0.4, 0.5) is 17.1 Å². The minimum Gasteiger partial charge on any atom is -0.497 e. The Labute approximate surface area is 208 Å². The molecule has 0 aliphatic carbocycles. The molecule has 0 atom stereocenters. The third-order valence-electron chi connectivity index (χ3n) is 6.31. The van der Waals surface area contributed by atoms with Gasteiger partial charge in [-0.25, -0.2) is 4.79 Å². The maximum absolute atomic E-state index is 13.1. The maximum Gasteiger partial charge on any atom is 0.357 e. The number of aromatic nitrogens is 1. The molecule has 190 valence electrons. The fraction of sp³-hybridized carbons (Fsp3) is 0.360. The highest BCUT2D eigenvalue weighted by molar-refractivity contribution is 6.12. The highest BCUT2D eigenvalue weighted by atomic mass is 16.6. The number of esters is 1. The molecular formula is C25H29N5O6. The summed E-state index contributed by atoms with van der Waals surface area (Å²) in [5, 5.41) is 14.5. The number of anilines is 2. The van der Waals surface area contributed by atoms with Gasteiger partial charge in [0.1, 0.15) is 5.75 Å². The summed E-state index contributed by atoms with van der Waals surface area (Å²) in [6.07, 6.45) is 0. The highest BCUT2D eigenvalue weighted by Crippen LogP contribution is 2.33. The maximum atomic E-state index is 13.1. The number of nitrogens with zero attached hydrogens (tertiary/aromatic N) is 4. The van der Waals surface area contributed by atoms with E-state index in [-0.39, 0.29) is 30.4 Å². The first-order chi connectivity index (χ1) is 17.3. The third kappa shape index (κ3) is 5.10. The van der Waals surface area contributed by atoms with Crippen LogP contribution in [0.3, 0.4) is 0 Å². The van der Waals surface area contributed by atoms with Gasteiger partial charge in [-0.2, -0.15) is 0 Å². The lowest BCUT2D eigenvalue weighted by molar-refractivity contribution is -0.384. The second-order valence-electron chi connectivity index (χ2n) is 8.47. The van der Waals surface area contributed by atoms with Crippen LogP contribution in [0.2, 0.25) is 0 Å². The van der Waals surface area contributed by atoms with E-state index < -0.39 is 10.9 Å². The van der Waals surface area contributed by atoms with Crippen LogP contribution in [0.15, 0.2) is 42.5 Å². The summed E-state index contributed by atoms with van der Waals surface area (Å²) in [6.45, 7) is 4.79. The number of rotatable bonds is 8. The number of nitrogens with one attached hydrogen (secondary N) is 1. The minimum atomic E-state index is -0.512. The van der Waals surface area contributed by atoms with Crippen molar-refractivity contribution in [2.24, 2.45) is 7.05 Å². The zero-order valence-corrected chi connectivity index (χ0v) is 20.5. The van der Waals surface area contributed by atoms with Gasteiger partial charge in [0.15, 0.2) is 5.69 Å². The van der Waals surface area contributed by atoms with E-state index in [0.717, 1.165) is 11.2 Å². The van der Waals surface area contributed by atoms with Crippen molar-refractivity contribution < 1.29 is 24.0 Å². The lowest BCUT2D eigenvalue weighted by atomic mass is 10.2. The number of benzene rings is 2. The smallest absolute Gasteiger partial charge is 0.357 e. The molecule has 36 heavy (non-hydrogen) atoms. The molecule has 1 N–H and O–H groups in total. The number of hydrogen-bond acceptors (Lipinski definition) is 8. The molecule has 0 saturated carbocycles. The standard InChI is InChI=1S/C25H29N5O6/c1-4-36-25(32)24-23(20-15-19(35-3)9-10-21(20)27(24)2)26-22(31)16-28-11-13-29(14-12-28)17-5-7-18(8-6-17)30(33)34/h5-10,15H,4,11-14,16H2,1-3H3,(H,26,31). The van der Waals surface area contributed by atoms with Crippen molar-refractivity contribution in [3.05, 3.63) is 58.3 Å². The summed E-state index contributed by atoms with van der Waals surface area (Å²) >= 11 is 0. The first kappa shape index (κ1) is 25.0. The number of non-ortho nitro benzene ring substituents is 1. The molecular weight excluding hydrogens is 466 g/mol. The number of carbonyl (C=O) groups excluding carboxylic acids is 2. The summed E-state index contributed by atoms with van der Waals surface area (Å²) in [4.78, 5) is 40.4. The molecule has 0 spiro atoms. The Kier molecular flexibility index (Phi) is 7.39. The summed E-state index contributed by atoms with van der Waals surface area (Å²) in [7, 11) is 3.32. The Morgan fingerprint density at radius 2 is 1.78 bits per heavy atom. The Balaban J connectivity index is 1.46. The molecule has 1 aromatic heterocycles. The summed E-state index contributed by atoms with van der Waals surface area (Å²) < 4.78 is 12.3. The van der Waals surface area contributed by atoms with Gasteiger partial charge < -0.3 is 24.3 Å². The molecule has 11 heteroatoms. The van der Waals surface area contributed by atoms with Crippen LogP contribution in [-0.2, 0) is 16.6 Å². The first-order valence-electron chi connectivity index (χ1n) is 11.7. The Morgan fingerprint density at radius 1 is 1.08 bits per heavy atom. The third-order valence-corrected chi connectivity index (χ3v) is 6.31. The number of carbonyl (C=O) groups is 2. The fourth-order valence-electron chi connectivity index (χ4n) is 4.45. The fourth-order valence-corrected chi connectivity index (χ4v) is 4.45. The average Bonchev–Trinajstić information content (AvgIpc) is 3.15. The van der Waals surface area contributed by atoms with Gasteiger partial charge in [0.2, 0.25) is 5.91 Å². The van der Waals surface area contributed by atoms with Gasteiger partial charge in [0.05, 0.1) is 36.4 Å². The molecule has 4 rings (SSSR count). The highest BCUT2D eigenvalue weighted by Gasteiger charge is 2.26. The van der Waals surface area contributed by atoms with Crippen LogP contribution < -0.4 is 15.0 Å². The van der Waals surface area contributed by atoms with Gasteiger partial charge in [-0.3, -0.25) is 19.8 Å². The predicted octanol–water partition coefficient (Wildman–Crippen LogP) is 3.03. The summed E-state index contributed by atoms with van der Waals surface area (Å²) in [5.41, 5.74) is 2.41. The van der Waals surface area contributed by atoms with E-state index in [1.807, 2.05) is 11.0 Å². The van der Waals surface area contributed by atoms with Crippen molar-refractivity contribution in [3.8, 4) is 5.75 Å². The Bertz CT molecular complexity index is 1280. The van der Waals surface area contributed by atoms with Crippen molar-refractivity contribution in [3.63, 3.8) is 0 Å². The average molecular weight is 496 g/mol. The number of fused-ring (bicyclic) bond motifs is 1. The molecule has 2 aromatic carbocycles. The van der Waals surface area contributed by atoms with Gasteiger partial charge in [-0.15, -0.1) is 0 Å². The number of piperazine rings is 1. The van der Waals surface area contributed by atoms with E-state index in [1.54, 1.807) is 49.9 Å². The molecule has 0 radical (unpaired) electrons. The second-order valence-corrected chi connectivity index (χ2v) is 8.47. The van der Waals surface area contributed by atoms with Crippen LogP contribution >= 0.6 is 0 Å². The number of amides is 1. The normalized spacial score (nSPS) is 14.0. The Morgan fingerprint density at radius 3 is 2.39 bits per heavy atom. The number of nitro benzene ring substituents is 1. The molecule has 2 heterocycles. The van der Waals surface area contributed by atoms with E-state index in [1.165, 1.54) is 12.1 Å². The lowest BCUT2D eigenvalue weighted by Gasteiger charge is -2.35. The van der Waals surface area contributed by atoms with E-state index >= 15 is 0 Å². The van der Waals surface area contributed by atoms with Gasteiger partial charge in [-0.05, 0) is 37.3 Å². The van der Waals surface area contributed by atoms with E-state index in [4.69, 9.17) is 9.47 Å². The molecule has 1 saturated heterocycles. The minimum absolute atomic E-state index is 0.0577. The zero-order valence-electron chi connectivity index (χ0n) is 20.5. The van der Waals surface area contributed by atoms with Gasteiger partial charge in [0.25, 0.3) is 5.69 Å². The first-order valence-corrected chi connectivity index (χ1v) is 11.7. The molecule has 1 aliphatic rings. The van der Waals surface area contributed by atoms with Gasteiger partial charge in [-0.1, -0.05) is 0 Å². The largest absolute Gasteiger partial charge is 0.497 e. The molecule has 0 bridgehead atoms. The monoisotopic (exact) mass is 495 g/mol. The van der Waals surface area contributed by atoms with Crippen LogP contribution in [0, 0.1) is 10.1 Å². The number of hydrogen-bond donors (Lipinski definition) is 1. The summed E-state index contributed by atoms with van der Waals surface area (Å²) in [5.74, 6) is -0.136. The van der Waals surface area contributed by atoms with Crippen molar-refractivity contribution >= 4 is 39.8 Å². The molecule has 11 nitrogen and oxygen atoms in total. The van der Waals surface area contributed by atoms with E-state index in [2.05, 4.69) is 10.2 Å². The SMILES string of the molecule is CCOC(=O)c1c(NC(=O)CN2CCN(c3ccc([N+](=O)[O-])cc3)CC2)c2cc(OC)ccc2n1C. The van der Waals surface area contributed by atoms with Gasteiger partial charge >= 0.3 is 5.97 Å². The van der Waals surface area contributed by atoms with Crippen molar-refractivity contribution in [1.29, 1.82) is 0 Å². The summed E-state index contributed by atoms with van der Waals surface area (Å²) in [6, 6.07) is 11.9. The van der Waals surface area contributed by atoms with Gasteiger partial charge in [0, 0.05) is 56.4 Å². The molecule has 1 amide bonds. The van der Waals surface area contributed by atoms with Crippen LogP contribution in [0.25, 0.3) is 10.9 Å². The number of ether oxygens (including phenoxy) is 2. The van der Waals surface area contributed by atoms with Crippen LogP contribution in [0.5, 0.6) is 5.75 Å². The number of aryl methyl sites for hydroxylation is 1. The second kappa shape index (κ2) is 10.6. The molecule has 0 unspecified atom stereocenters. The molecule has 3 aromatic rings. The van der Waals surface area contributed by atoms with Crippen LogP contribution in [0.1, 0.15) is 17.4 Å². The predicted molar refractivity (Wildman–Crippen MR) is 136 cm³/mol. The van der Waals surface area contributed by atoms with Crippen LogP contribution in [-0.4, -0.2) is 72.7 Å². The van der Waals surface area contributed by atoms with E-state index in [0.29, 0.717) is 43.0 Å².